The van der Waals surface area contributed by atoms with E-state index in [4.69, 9.17) is 4.74 Å². The van der Waals surface area contributed by atoms with Gasteiger partial charge >= 0.3 is 0 Å². The predicted molar refractivity (Wildman–Crippen MR) is 61.7 cm³/mol. The standard InChI is InChI=1S/C10H21NO.BrH/c1-3-5-10(6-4-2)9-11-7-8-12-10;/h11H,3-9H2,1-2H3;1H. The molecule has 0 radical (unpaired) electrons. The Bertz CT molecular complexity index is 109. The van der Waals surface area contributed by atoms with Crippen LogP contribution in [0.3, 0.4) is 0 Å². The van der Waals surface area contributed by atoms with E-state index in [1.165, 1.54) is 25.7 Å². The average Bonchev–Trinajstić information content (AvgIpc) is 2.07. The zero-order valence-corrected chi connectivity index (χ0v) is 10.5. The lowest BCUT2D eigenvalue weighted by molar-refractivity contribution is -0.0771. The first-order chi connectivity index (χ1) is 5.83. The van der Waals surface area contributed by atoms with Gasteiger partial charge in [0.25, 0.3) is 0 Å². The van der Waals surface area contributed by atoms with Crippen molar-refractivity contribution in [1.82, 2.24) is 5.32 Å². The Morgan fingerprint density at radius 1 is 1.23 bits per heavy atom. The van der Waals surface area contributed by atoms with Crippen molar-refractivity contribution in [2.75, 3.05) is 19.7 Å². The monoisotopic (exact) mass is 251 g/mol. The Morgan fingerprint density at radius 2 is 1.85 bits per heavy atom. The lowest BCUT2D eigenvalue weighted by Gasteiger charge is -2.37. The zero-order chi connectivity index (χ0) is 8.86. The van der Waals surface area contributed by atoms with E-state index in [1.54, 1.807) is 0 Å². The predicted octanol–water partition coefficient (Wildman–Crippen LogP) is 2.52. The molecule has 1 aliphatic heterocycles. The molecule has 0 aromatic heterocycles. The van der Waals surface area contributed by atoms with E-state index in [2.05, 4.69) is 19.2 Å². The van der Waals surface area contributed by atoms with Gasteiger partial charge in [0.05, 0.1) is 12.2 Å². The fourth-order valence-corrected chi connectivity index (χ4v) is 2.06. The highest BCUT2D eigenvalue weighted by Crippen LogP contribution is 2.25. The maximum absolute atomic E-state index is 5.88. The smallest absolute Gasteiger partial charge is 0.0806 e. The molecular formula is C10H22BrNO. The van der Waals surface area contributed by atoms with Crippen molar-refractivity contribution in [3.8, 4) is 0 Å². The van der Waals surface area contributed by atoms with Crippen LogP contribution in [0.4, 0.5) is 0 Å². The third-order valence-corrected chi connectivity index (χ3v) is 2.55. The third-order valence-electron chi connectivity index (χ3n) is 2.55. The SMILES string of the molecule is Br.CCCC1(CCC)CNCCO1. The third kappa shape index (κ3) is 3.96. The first-order valence-electron chi connectivity index (χ1n) is 5.17. The van der Waals surface area contributed by atoms with Gasteiger partial charge in [-0.25, -0.2) is 0 Å². The lowest BCUT2D eigenvalue weighted by atomic mass is 9.91. The van der Waals surface area contributed by atoms with E-state index in [0.717, 1.165) is 19.7 Å². The normalized spacial score (nSPS) is 20.8. The summed E-state index contributed by atoms with van der Waals surface area (Å²) in [6.07, 6.45) is 4.85. The largest absolute Gasteiger partial charge is 0.372 e. The lowest BCUT2D eigenvalue weighted by Crippen LogP contribution is -2.49. The summed E-state index contributed by atoms with van der Waals surface area (Å²) < 4.78 is 5.88. The van der Waals surface area contributed by atoms with Gasteiger partial charge in [-0.3, -0.25) is 0 Å². The maximum atomic E-state index is 5.88. The van der Waals surface area contributed by atoms with Crippen LogP contribution in [0.25, 0.3) is 0 Å². The quantitative estimate of drug-likeness (QED) is 0.830. The number of halogens is 1. The molecule has 2 nitrogen and oxygen atoms in total. The van der Waals surface area contributed by atoms with Crippen LogP contribution in [0, 0.1) is 0 Å². The van der Waals surface area contributed by atoms with E-state index < -0.39 is 0 Å². The highest BCUT2D eigenvalue weighted by Gasteiger charge is 2.30. The molecule has 0 saturated carbocycles. The van der Waals surface area contributed by atoms with Crippen molar-refractivity contribution in [2.45, 2.75) is 45.1 Å². The van der Waals surface area contributed by atoms with Gasteiger partial charge in [0, 0.05) is 13.1 Å². The Kier molecular flexibility index (Phi) is 7.00. The molecule has 1 fully saturated rings. The van der Waals surface area contributed by atoms with Gasteiger partial charge in [-0.1, -0.05) is 26.7 Å². The van der Waals surface area contributed by atoms with Crippen molar-refractivity contribution in [3.63, 3.8) is 0 Å². The molecule has 0 aromatic rings. The van der Waals surface area contributed by atoms with Crippen LogP contribution in [0.1, 0.15) is 39.5 Å². The second-order valence-corrected chi connectivity index (χ2v) is 3.71. The second-order valence-electron chi connectivity index (χ2n) is 3.71. The number of rotatable bonds is 4. The Hall–Kier alpha value is 0.400. The van der Waals surface area contributed by atoms with Crippen molar-refractivity contribution in [2.24, 2.45) is 0 Å². The summed E-state index contributed by atoms with van der Waals surface area (Å²) in [7, 11) is 0. The summed E-state index contributed by atoms with van der Waals surface area (Å²) in [4.78, 5) is 0. The zero-order valence-electron chi connectivity index (χ0n) is 8.77. The molecule has 1 aliphatic rings. The van der Waals surface area contributed by atoms with E-state index in [1.807, 2.05) is 0 Å². The number of hydrogen-bond donors (Lipinski definition) is 1. The molecule has 0 aliphatic carbocycles. The highest BCUT2D eigenvalue weighted by atomic mass is 79.9. The van der Waals surface area contributed by atoms with Crippen molar-refractivity contribution in [1.29, 1.82) is 0 Å². The fraction of sp³-hybridized carbons (Fsp3) is 1.00. The van der Waals surface area contributed by atoms with E-state index >= 15 is 0 Å². The van der Waals surface area contributed by atoms with Crippen molar-refractivity contribution in [3.05, 3.63) is 0 Å². The fourth-order valence-electron chi connectivity index (χ4n) is 2.06. The molecule has 80 valence electrons. The summed E-state index contributed by atoms with van der Waals surface area (Å²) in [5, 5.41) is 3.42. The summed E-state index contributed by atoms with van der Waals surface area (Å²) in [6.45, 7) is 7.43. The average molecular weight is 252 g/mol. The molecule has 1 heterocycles. The maximum Gasteiger partial charge on any atom is 0.0806 e. The molecule has 0 spiro atoms. The first-order valence-corrected chi connectivity index (χ1v) is 5.17. The van der Waals surface area contributed by atoms with E-state index in [0.29, 0.717) is 0 Å². The molecule has 0 atom stereocenters. The van der Waals surface area contributed by atoms with Gasteiger partial charge in [-0.15, -0.1) is 17.0 Å². The first kappa shape index (κ1) is 13.4. The van der Waals surface area contributed by atoms with Crippen molar-refractivity contribution >= 4 is 17.0 Å². The van der Waals surface area contributed by atoms with Crippen molar-refractivity contribution < 1.29 is 4.74 Å². The minimum absolute atomic E-state index is 0. The summed E-state index contributed by atoms with van der Waals surface area (Å²) >= 11 is 0. The minimum atomic E-state index is 0. The molecule has 1 rings (SSSR count). The number of nitrogens with one attached hydrogen (secondary N) is 1. The summed E-state index contributed by atoms with van der Waals surface area (Å²) in [6, 6.07) is 0. The number of morpholine rings is 1. The topological polar surface area (TPSA) is 21.3 Å². The Morgan fingerprint density at radius 3 is 2.23 bits per heavy atom. The van der Waals surface area contributed by atoms with E-state index in [-0.39, 0.29) is 22.6 Å². The summed E-state index contributed by atoms with van der Waals surface area (Å²) in [5.74, 6) is 0. The molecule has 0 amide bonds. The van der Waals surface area contributed by atoms with Crippen LogP contribution in [0.5, 0.6) is 0 Å². The van der Waals surface area contributed by atoms with Gasteiger partial charge < -0.3 is 10.1 Å². The second kappa shape index (κ2) is 6.80. The number of ether oxygens (including phenoxy) is 1. The minimum Gasteiger partial charge on any atom is -0.372 e. The molecule has 3 heteroatoms. The molecular weight excluding hydrogens is 230 g/mol. The van der Waals surface area contributed by atoms with Crippen LogP contribution >= 0.6 is 17.0 Å². The molecule has 0 unspecified atom stereocenters. The van der Waals surface area contributed by atoms with Crippen LogP contribution in [-0.4, -0.2) is 25.3 Å². The molecule has 1 N–H and O–H groups in total. The van der Waals surface area contributed by atoms with Gasteiger partial charge in [-0.05, 0) is 12.8 Å². The van der Waals surface area contributed by atoms with Crippen LogP contribution in [-0.2, 0) is 4.74 Å². The van der Waals surface area contributed by atoms with Gasteiger partial charge in [0.15, 0.2) is 0 Å². The van der Waals surface area contributed by atoms with Gasteiger partial charge in [-0.2, -0.15) is 0 Å². The van der Waals surface area contributed by atoms with Gasteiger partial charge in [0.1, 0.15) is 0 Å². The van der Waals surface area contributed by atoms with E-state index in [9.17, 15) is 0 Å². The van der Waals surface area contributed by atoms with Crippen LogP contribution < -0.4 is 5.32 Å². The summed E-state index contributed by atoms with van der Waals surface area (Å²) in [5.41, 5.74) is 0.168. The Labute approximate surface area is 92.2 Å². The van der Waals surface area contributed by atoms with Crippen LogP contribution in [0.2, 0.25) is 0 Å². The Balaban J connectivity index is 0.00000144. The molecule has 13 heavy (non-hydrogen) atoms. The molecule has 0 aromatic carbocycles. The highest BCUT2D eigenvalue weighted by molar-refractivity contribution is 8.93. The molecule has 0 bridgehead atoms. The van der Waals surface area contributed by atoms with Crippen LogP contribution in [0.15, 0.2) is 0 Å². The number of hydrogen-bond acceptors (Lipinski definition) is 2. The van der Waals surface area contributed by atoms with Gasteiger partial charge in [0.2, 0.25) is 0 Å². The molecule has 1 saturated heterocycles.